The van der Waals surface area contributed by atoms with Gasteiger partial charge >= 0.3 is 0 Å². The number of aliphatic hydroxyl groups is 1. The summed E-state index contributed by atoms with van der Waals surface area (Å²) < 4.78 is 0. The zero-order chi connectivity index (χ0) is 13.7. The van der Waals surface area contributed by atoms with E-state index in [1.165, 1.54) is 11.1 Å². The molecule has 1 fully saturated rings. The summed E-state index contributed by atoms with van der Waals surface area (Å²) in [6.07, 6.45) is 2.60. The minimum atomic E-state index is -0.203. The molecule has 1 aromatic rings. The van der Waals surface area contributed by atoms with Crippen LogP contribution in [0, 0.1) is 5.92 Å². The largest absolute Gasteiger partial charge is 0.393 e. The van der Waals surface area contributed by atoms with Gasteiger partial charge < -0.3 is 10.0 Å². The molecule has 1 saturated carbocycles. The maximum Gasteiger partial charge on any atom is 0.0595 e. The van der Waals surface area contributed by atoms with E-state index in [2.05, 4.69) is 19.0 Å². The molecule has 1 N–H and O–H groups in total. The van der Waals surface area contributed by atoms with E-state index in [0.29, 0.717) is 27.9 Å². The maximum atomic E-state index is 10.3. The Morgan fingerprint density at radius 3 is 2.53 bits per heavy atom. The van der Waals surface area contributed by atoms with Crippen LogP contribution in [0.4, 0.5) is 0 Å². The average molecular weight is 300 g/mol. The molecule has 2 aliphatic carbocycles. The number of benzene rings is 1. The van der Waals surface area contributed by atoms with Crippen LogP contribution in [-0.2, 0) is 6.42 Å². The van der Waals surface area contributed by atoms with E-state index in [9.17, 15) is 5.11 Å². The number of halogens is 2. The fourth-order valence-corrected chi connectivity index (χ4v) is 4.34. The Morgan fingerprint density at radius 2 is 1.84 bits per heavy atom. The molecular formula is C15H19Cl2NO. The van der Waals surface area contributed by atoms with Crippen molar-refractivity contribution in [1.82, 2.24) is 4.90 Å². The molecule has 0 unspecified atom stereocenters. The lowest BCUT2D eigenvalue weighted by atomic mass is 9.64. The van der Waals surface area contributed by atoms with Gasteiger partial charge in [-0.05, 0) is 56.6 Å². The smallest absolute Gasteiger partial charge is 0.0595 e. The first-order chi connectivity index (χ1) is 8.99. The van der Waals surface area contributed by atoms with Crippen molar-refractivity contribution in [2.45, 2.75) is 37.3 Å². The summed E-state index contributed by atoms with van der Waals surface area (Å²) in [5, 5.41) is 11.6. The van der Waals surface area contributed by atoms with Gasteiger partial charge in [-0.15, -0.1) is 0 Å². The maximum absolute atomic E-state index is 10.3. The molecule has 19 heavy (non-hydrogen) atoms. The third-order valence-corrected chi connectivity index (χ3v) is 5.47. The second kappa shape index (κ2) is 4.92. The van der Waals surface area contributed by atoms with Crippen molar-refractivity contribution in [3.63, 3.8) is 0 Å². The van der Waals surface area contributed by atoms with Crippen LogP contribution in [0.15, 0.2) is 12.1 Å². The van der Waals surface area contributed by atoms with Crippen LogP contribution in [0.3, 0.4) is 0 Å². The number of rotatable bonds is 1. The van der Waals surface area contributed by atoms with Crippen molar-refractivity contribution in [1.29, 1.82) is 0 Å². The number of likely N-dealkylation sites (N-methyl/N-ethyl adjacent to an activating group) is 1. The Kier molecular flexibility index (Phi) is 3.55. The Morgan fingerprint density at radius 1 is 1.16 bits per heavy atom. The van der Waals surface area contributed by atoms with E-state index in [-0.39, 0.29) is 6.10 Å². The first-order valence-corrected chi connectivity index (χ1v) is 7.57. The van der Waals surface area contributed by atoms with Gasteiger partial charge in [-0.3, -0.25) is 0 Å². The third kappa shape index (κ3) is 2.19. The lowest BCUT2D eigenvalue weighted by Crippen LogP contribution is -2.52. The summed E-state index contributed by atoms with van der Waals surface area (Å²) >= 11 is 12.3. The van der Waals surface area contributed by atoms with Crippen LogP contribution in [0.2, 0.25) is 10.0 Å². The van der Waals surface area contributed by atoms with Crippen molar-refractivity contribution in [2.75, 3.05) is 14.1 Å². The minimum Gasteiger partial charge on any atom is -0.393 e. The van der Waals surface area contributed by atoms with E-state index in [0.717, 1.165) is 19.3 Å². The summed E-state index contributed by atoms with van der Waals surface area (Å²) in [5.74, 6) is 0.764. The molecule has 2 aliphatic rings. The lowest BCUT2D eigenvalue weighted by Gasteiger charge is -2.49. The number of nitrogens with zero attached hydrogens (tertiary/aromatic N) is 1. The van der Waals surface area contributed by atoms with Gasteiger partial charge in [-0.25, -0.2) is 0 Å². The van der Waals surface area contributed by atoms with Crippen LogP contribution in [-0.4, -0.2) is 36.2 Å². The number of aliphatic hydroxyl groups excluding tert-OH is 1. The van der Waals surface area contributed by atoms with E-state index < -0.39 is 0 Å². The van der Waals surface area contributed by atoms with Crippen LogP contribution in [0.1, 0.15) is 29.9 Å². The SMILES string of the molecule is CN(C)[C@@H]1[C@H]2Cc3cc(Cl)c(Cl)cc3[C@@H]1CC[C@H]2O. The van der Waals surface area contributed by atoms with Crippen molar-refractivity contribution in [3.05, 3.63) is 33.3 Å². The summed E-state index contributed by atoms with van der Waals surface area (Å²) in [5.41, 5.74) is 2.59. The molecule has 2 nitrogen and oxygen atoms in total. The summed E-state index contributed by atoms with van der Waals surface area (Å²) in [7, 11) is 4.20. The molecule has 1 aromatic carbocycles. The quantitative estimate of drug-likeness (QED) is 0.860. The van der Waals surface area contributed by atoms with Gasteiger partial charge in [-0.1, -0.05) is 23.2 Å². The van der Waals surface area contributed by atoms with Crippen molar-refractivity contribution >= 4 is 23.2 Å². The monoisotopic (exact) mass is 299 g/mol. The molecule has 4 heteroatoms. The van der Waals surface area contributed by atoms with E-state index in [4.69, 9.17) is 23.2 Å². The molecule has 104 valence electrons. The van der Waals surface area contributed by atoms with Gasteiger partial charge in [0.05, 0.1) is 16.1 Å². The molecule has 0 amide bonds. The second-order valence-electron chi connectivity index (χ2n) is 6.04. The summed E-state index contributed by atoms with van der Waals surface area (Å²) in [4.78, 5) is 2.25. The molecule has 0 radical (unpaired) electrons. The second-order valence-corrected chi connectivity index (χ2v) is 6.85. The predicted molar refractivity (Wildman–Crippen MR) is 79.1 cm³/mol. The molecule has 3 rings (SSSR count). The van der Waals surface area contributed by atoms with Crippen LogP contribution < -0.4 is 0 Å². The molecule has 0 saturated heterocycles. The summed E-state index contributed by atoms with van der Waals surface area (Å²) in [6, 6.07) is 4.42. The fraction of sp³-hybridized carbons (Fsp3) is 0.600. The fourth-order valence-electron chi connectivity index (χ4n) is 3.98. The number of hydrogen-bond donors (Lipinski definition) is 1. The molecule has 0 heterocycles. The normalized spacial score (nSPS) is 33.4. The Bertz CT molecular complexity index is 503. The number of fused-ring (bicyclic) bond motifs is 4. The molecule has 4 atom stereocenters. The molecule has 0 aliphatic heterocycles. The van der Waals surface area contributed by atoms with Gasteiger partial charge in [0, 0.05) is 17.9 Å². The molecule has 0 aromatic heterocycles. The van der Waals surface area contributed by atoms with Crippen LogP contribution in [0.5, 0.6) is 0 Å². The zero-order valence-corrected chi connectivity index (χ0v) is 12.7. The van der Waals surface area contributed by atoms with Crippen LogP contribution >= 0.6 is 23.2 Å². The van der Waals surface area contributed by atoms with Crippen molar-refractivity contribution in [3.8, 4) is 0 Å². The minimum absolute atomic E-state index is 0.203. The predicted octanol–water partition coefficient (Wildman–Crippen LogP) is 3.33. The number of hydrogen-bond acceptors (Lipinski definition) is 2. The summed E-state index contributed by atoms with van der Waals surface area (Å²) in [6.45, 7) is 0. The molecule has 2 bridgehead atoms. The van der Waals surface area contributed by atoms with Gasteiger partial charge in [-0.2, -0.15) is 0 Å². The first kappa shape index (κ1) is 13.7. The molecular weight excluding hydrogens is 281 g/mol. The Hall–Kier alpha value is -0.280. The zero-order valence-electron chi connectivity index (χ0n) is 11.2. The molecule has 0 spiro atoms. The standard InChI is InChI=1S/C15H19Cl2NO/c1-18(2)15-9-3-4-14(19)11(15)5-8-6-12(16)13(17)7-10(8)9/h6-7,9,11,14-15,19H,3-5H2,1-2H3/t9-,11-,14+,15-/m0/s1. The first-order valence-electron chi connectivity index (χ1n) is 6.81. The van der Waals surface area contributed by atoms with E-state index in [1.807, 2.05) is 12.1 Å². The Balaban J connectivity index is 2.10. The average Bonchev–Trinajstić information content (AvgIpc) is 2.35. The van der Waals surface area contributed by atoms with Gasteiger partial charge in [0.1, 0.15) is 0 Å². The highest BCUT2D eigenvalue weighted by molar-refractivity contribution is 6.42. The van der Waals surface area contributed by atoms with E-state index in [1.54, 1.807) is 0 Å². The van der Waals surface area contributed by atoms with Gasteiger partial charge in [0.2, 0.25) is 0 Å². The highest BCUT2D eigenvalue weighted by atomic mass is 35.5. The third-order valence-electron chi connectivity index (χ3n) is 4.75. The Labute approximate surface area is 124 Å². The van der Waals surface area contributed by atoms with Gasteiger partial charge in [0.15, 0.2) is 0 Å². The van der Waals surface area contributed by atoms with E-state index >= 15 is 0 Å². The topological polar surface area (TPSA) is 23.5 Å². The lowest BCUT2D eigenvalue weighted by molar-refractivity contribution is -0.00214. The highest BCUT2D eigenvalue weighted by Crippen LogP contribution is 2.47. The van der Waals surface area contributed by atoms with Crippen LogP contribution in [0.25, 0.3) is 0 Å². The van der Waals surface area contributed by atoms with Gasteiger partial charge in [0.25, 0.3) is 0 Å². The highest BCUT2D eigenvalue weighted by Gasteiger charge is 2.44. The van der Waals surface area contributed by atoms with Crippen molar-refractivity contribution < 1.29 is 5.11 Å². The van der Waals surface area contributed by atoms with Crippen molar-refractivity contribution in [2.24, 2.45) is 5.92 Å².